The van der Waals surface area contributed by atoms with Crippen molar-refractivity contribution in [1.82, 2.24) is 10.3 Å². The molecule has 0 aliphatic carbocycles. The number of hydrogen-bond donors (Lipinski definition) is 2. The van der Waals surface area contributed by atoms with Gasteiger partial charge in [0.1, 0.15) is 0 Å². The fraction of sp³-hybridized carbons (Fsp3) is 0.294. The van der Waals surface area contributed by atoms with E-state index in [1.807, 2.05) is 7.05 Å². The minimum Gasteiger partial charge on any atom is -0.355 e. The van der Waals surface area contributed by atoms with Gasteiger partial charge in [-0.1, -0.05) is 37.6 Å². The molecule has 1 unspecified atom stereocenters. The Morgan fingerprint density at radius 2 is 1.84 bits per heavy atom. The second kappa shape index (κ2) is 5.06. The van der Waals surface area contributed by atoms with Gasteiger partial charge in [0, 0.05) is 27.8 Å². The summed E-state index contributed by atoms with van der Waals surface area (Å²) in [6.07, 6.45) is 2.36. The van der Waals surface area contributed by atoms with Crippen LogP contribution in [0.5, 0.6) is 0 Å². The number of H-pyrrole nitrogens is 1. The van der Waals surface area contributed by atoms with E-state index in [9.17, 15) is 0 Å². The van der Waals surface area contributed by atoms with Crippen molar-refractivity contribution in [1.29, 1.82) is 0 Å². The van der Waals surface area contributed by atoms with E-state index < -0.39 is 0 Å². The highest BCUT2D eigenvalue weighted by Crippen LogP contribution is 2.28. The van der Waals surface area contributed by atoms with Gasteiger partial charge in [-0.2, -0.15) is 0 Å². The molecule has 0 saturated carbocycles. The van der Waals surface area contributed by atoms with E-state index >= 15 is 0 Å². The topological polar surface area (TPSA) is 27.8 Å². The van der Waals surface area contributed by atoms with Crippen LogP contribution in [0.25, 0.3) is 21.8 Å². The van der Waals surface area contributed by atoms with Crippen molar-refractivity contribution in [3.05, 3.63) is 48.0 Å². The first-order valence-corrected chi connectivity index (χ1v) is 7.01. The first-order chi connectivity index (χ1) is 9.33. The molecular formula is C17H20N2. The van der Waals surface area contributed by atoms with E-state index in [-0.39, 0.29) is 0 Å². The van der Waals surface area contributed by atoms with Crippen molar-refractivity contribution in [2.75, 3.05) is 7.05 Å². The van der Waals surface area contributed by atoms with Crippen LogP contribution >= 0.6 is 0 Å². The van der Waals surface area contributed by atoms with Crippen LogP contribution in [0.3, 0.4) is 0 Å². The van der Waals surface area contributed by atoms with E-state index in [1.165, 1.54) is 40.2 Å². The van der Waals surface area contributed by atoms with Gasteiger partial charge in [-0.05, 0) is 37.2 Å². The number of para-hydroxylation sites is 1. The minimum atomic E-state index is 0.447. The molecule has 2 aromatic carbocycles. The van der Waals surface area contributed by atoms with Crippen LogP contribution < -0.4 is 5.32 Å². The molecule has 1 atom stereocenters. The Morgan fingerprint density at radius 3 is 2.63 bits per heavy atom. The highest BCUT2D eigenvalue weighted by atomic mass is 14.9. The van der Waals surface area contributed by atoms with E-state index in [4.69, 9.17) is 0 Å². The maximum absolute atomic E-state index is 3.47. The van der Waals surface area contributed by atoms with Crippen LogP contribution in [-0.4, -0.2) is 12.0 Å². The predicted octanol–water partition coefficient (Wildman–Crippen LogP) is 4.38. The molecule has 0 spiro atoms. The number of fused-ring (bicyclic) bond motifs is 3. The molecule has 98 valence electrons. The molecule has 1 heterocycles. The van der Waals surface area contributed by atoms with Crippen molar-refractivity contribution in [2.24, 2.45) is 0 Å². The van der Waals surface area contributed by atoms with Crippen molar-refractivity contribution in [2.45, 2.75) is 25.8 Å². The maximum Gasteiger partial charge on any atom is 0.0465 e. The monoisotopic (exact) mass is 252 g/mol. The molecule has 0 fully saturated rings. The Morgan fingerprint density at radius 1 is 1.05 bits per heavy atom. The number of hydrogen-bond acceptors (Lipinski definition) is 1. The van der Waals surface area contributed by atoms with Gasteiger partial charge in [0.2, 0.25) is 0 Å². The largest absolute Gasteiger partial charge is 0.355 e. The zero-order valence-corrected chi connectivity index (χ0v) is 11.5. The molecule has 0 aliphatic heterocycles. The predicted molar refractivity (Wildman–Crippen MR) is 82.5 cm³/mol. The van der Waals surface area contributed by atoms with E-state index in [0.717, 1.165) is 0 Å². The molecule has 2 heteroatoms. The highest BCUT2D eigenvalue weighted by molar-refractivity contribution is 6.07. The maximum atomic E-state index is 3.47. The summed E-state index contributed by atoms with van der Waals surface area (Å²) in [5.74, 6) is 0. The average Bonchev–Trinajstić information content (AvgIpc) is 2.82. The van der Waals surface area contributed by atoms with Gasteiger partial charge >= 0.3 is 0 Å². The third kappa shape index (κ3) is 2.13. The van der Waals surface area contributed by atoms with Crippen LogP contribution in [0.1, 0.15) is 31.4 Å². The second-order valence-corrected chi connectivity index (χ2v) is 5.11. The van der Waals surface area contributed by atoms with Crippen molar-refractivity contribution in [3.8, 4) is 0 Å². The lowest BCUT2D eigenvalue weighted by atomic mass is 10.00. The number of benzene rings is 2. The zero-order valence-electron chi connectivity index (χ0n) is 11.5. The van der Waals surface area contributed by atoms with E-state index in [1.54, 1.807) is 0 Å². The Balaban J connectivity index is 2.15. The van der Waals surface area contributed by atoms with Crippen LogP contribution in [-0.2, 0) is 0 Å². The second-order valence-electron chi connectivity index (χ2n) is 5.11. The molecule has 0 saturated heterocycles. The average molecular weight is 252 g/mol. The molecular weight excluding hydrogens is 232 g/mol. The highest BCUT2D eigenvalue weighted by Gasteiger charge is 2.10. The van der Waals surface area contributed by atoms with Gasteiger partial charge in [-0.3, -0.25) is 0 Å². The summed E-state index contributed by atoms with van der Waals surface area (Å²) < 4.78 is 0. The normalized spacial score (nSPS) is 13.2. The molecule has 0 amide bonds. The summed E-state index contributed by atoms with van der Waals surface area (Å²) in [5.41, 5.74) is 3.81. The van der Waals surface area contributed by atoms with Gasteiger partial charge in [0.25, 0.3) is 0 Å². The van der Waals surface area contributed by atoms with E-state index in [0.29, 0.717) is 6.04 Å². The summed E-state index contributed by atoms with van der Waals surface area (Å²) in [7, 11) is 2.04. The molecule has 2 nitrogen and oxygen atoms in total. The molecule has 0 aliphatic rings. The molecule has 3 aromatic rings. The zero-order chi connectivity index (χ0) is 13.2. The summed E-state index contributed by atoms with van der Waals surface area (Å²) in [6, 6.07) is 15.7. The lowest BCUT2D eigenvalue weighted by Gasteiger charge is -2.15. The smallest absolute Gasteiger partial charge is 0.0465 e. The van der Waals surface area contributed by atoms with Crippen molar-refractivity contribution in [3.63, 3.8) is 0 Å². The summed E-state index contributed by atoms with van der Waals surface area (Å²) >= 11 is 0. The first-order valence-electron chi connectivity index (χ1n) is 7.01. The van der Waals surface area contributed by atoms with Crippen LogP contribution in [0, 0.1) is 0 Å². The molecule has 0 bridgehead atoms. The van der Waals surface area contributed by atoms with Gasteiger partial charge in [0.15, 0.2) is 0 Å². The van der Waals surface area contributed by atoms with Gasteiger partial charge < -0.3 is 10.3 Å². The molecule has 19 heavy (non-hydrogen) atoms. The first kappa shape index (κ1) is 12.2. The standard InChI is InChI=1S/C17H20N2/c1-3-6-15(18-2)12-9-10-17-14(11-12)13-7-4-5-8-16(13)19-17/h4-5,7-11,15,18-19H,3,6H2,1-2H3. The third-order valence-electron chi connectivity index (χ3n) is 3.86. The Hall–Kier alpha value is -1.80. The molecule has 0 radical (unpaired) electrons. The molecule has 2 N–H and O–H groups in total. The SMILES string of the molecule is CCCC(NC)c1ccc2[nH]c3ccccc3c2c1. The van der Waals surface area contributed by atoms with Crippen molar-refractivity contribution >= 4 is 21.8 Å². The Kier molecular flexibility index (Phi) is 3.26. The fourth-order valence-electron chi connectivity index (χ4n) is 2.85. The Bertz CT molecular complexity index is 697. The van der Waals surface area contributed by atoms with Gasteiger partial charge in [-0.25, -0.2) is 0 Å². The van der Waals surface area contributed by atoms with Crippen LogP contribution in [0.15, 0.2) is 42.5 Å². The molecule has 3 rings (SSSR count). The molecule has 1 aromatic heterocycles. The fourth-order valence-corrected chi connectivity index (χ4v) is 2.85. The van der Waals surface area contributed by atoms with E-state index in [2.05, 4.69) is 59.7 Å². The Labute approximate surface area is 113 Å². The van der Waals surface area contributed by atoms with Gasteiger partial charge in [0.05, 0.1) is 0 Å². The number of nitrogens with one attached hydrogen (secondary N) is 2. The quantitative estimate of drug-likeness (QED) is 0.708. The van der Waals surface area contributed by atoms with Crippen LogP contribution in [0.2, 0.25) is 0 Å². The number of aromatic nitrogens is 1. The van der Waals surface area contributed by atoms with Crippen molar-refractivity contribution < 1.29 is 0 Å². The summed E-state index contributed by atoms with van der Waals surface area (Å²) in [4.78, 5) is 3.47. The summed E-state index contributed by atoms with van der Waals surface area (Å²) in [5, 5.41) is 6.05. The van der Waals surface area contributed by atoms with Gasteiger partial charge in [-0.15, -0.1) is 0 Å². The number of rotatable bonds is 4. The lowest BCUT2D eigenvalue weighted by molar-refractivity contribution is 0.542. The van der Waals surface area contributed by atoms with Crippen LogP contribution in [0.4, 0.5) is 0 Å². The summed E-state index contributed by atoms with van der Waals surface area (Å²) in [6.45, 7) is 2.23. The number of aromatic amines is 1. The third-order valence-corrected chi connectivity index (χ3v) is 3.86. The minimum absolute atomic E-state index is 0.447. The lowest BCUT2D eigenvalue weighted by Crippen LogP contribution is -2.15.